The van der Waals surface area contributed by atoms with Crippen LogP contribution in [-0.4, -0.2) is 40.1 Å². The Bertz CT molecular complexity index is 475. The first kappa shape index (κ1) is 14.4. The van der Waals surface area contributed by atoms with Gasteiger partial charge >= 0.3 is 13.1 Å². The van der Waals surface area contributed by atoms with Gasteiger partial charge in [-0.3, -0.25) is 9.59 Å². The van der Waals surface area contributed by atoms with Crippen molar-refractivity contribution in [1.82, 2.24) is 0 Å². The number of nitrogens with two attached hydrogens (primary N) is 1. The van der Waals surface area contributed by atoms with Crippen LogP contribution in [0.15, 0.2) is 18.2 Å². The number of hydrogen-bond acceptors (Lipinski definition) is 5. The molecule has 0 fully saturated rings. The maximum atomic E-state index is 11.4. The Morgan fingerprint density at radius 1 is 1.39 bits per heavy atom. The molecule has 0 unspecified atom stereocenters. The van der Waals surface area contributed by atoms with Gasteiger partial charge in [-0.1, -0.05) is 12.1 Å². The van der Waals surface area contributed by atoms with E-state index in [0.717, 1.165) is 0 Å². The van der Waals surface area contributed by atoms with Gasteiger partial charge in [-0.15, -0.1) is 0 Å². The summed E-state index contributed by atoms with van der Waals surface area (Å²) in [5.74, 6) is -1.46. The van der Waals surface area contributed by atoms with Gasteiger partial charge in [0.1, 0.15) is 6.04 Å². The molecular weight excluding hydrogens is 237 g/mol. The lowest BCUT2D eigenvalue weighted by atomic mass is 9.75. The SMILES string of the molecule is CC(=O)c1cc(C[C@H](N)C(=O)O)ccc1B(O)O. The molecule has 1 atom stereocenters. The normalized spacial score (nSPS) is 12.0. The van der Waals surface area contributed by atoms with Crippen molar-refractivity contribution in [3.05, 3.63) is 29.3 Å². The molecule has 0 aliphatic rings. The van der Waals surface area contributed by atoms with Crippen LogP contribution >= 0.6 is 0 Å². The molecule has 1 rings (SSSR count). The smallest absolute Gasteiger partial charge is 0.480 e. The van der Waals surface area contributed by atoms with Crippen molar-refractivity contribution in [3.63, 3.8) is 0 Å². The number of carboxylic acids is 1. The number of ketones is 1. The number of carbonyl (C=O) groups excluding carboxylic acids is 1. The van der Waals surface area contributed by atoms with Crippen LogP contribution < -0.4 is 11.2 Å². The average molecular weight is 251 g/mol. The highest BCUT2D eigenvalue weighted by atomic mass is 16.4. The number of benzene rings is 1. The van der Waals surface area contributed by atoms with Crippen LogP contribution in [0.5, 0.6) is 0 Å². The molecule has 0 aliphatic carbocycles. The zero-order chi connectivity index (χ0) is 13.9. The molecule has 0 amide bonds. The molecule has 0 aromatic heterocycles. The first-order valence-electron chi connectivity index (χ1n) is 5.31. The van der Waals surface area contributed by atoms with Crippen LogP contribution in [-0.2, 0) is 11.2 Å². The fourth-order valence-corrected chi connectivity index (χ4v) is 1.60. The molecule has 5 N–H and O–H groups in total. The van der Waals surface area contributed by atoms with E-state index in [0.29, 0.717) is 5.56 Å². The van der Waals surface area contributed by atoms with Crippen molar-refractivity contribution in [1.29, 1.82) is 0 Å². The molecule has 18 heavy (non-hydrogen) atoms. The first-order chi connectivity index (χ1) is 8.32. The third kappa shape index (κ3) is 3.40. The van der Waals surface area contributed by atoms with E-state index in [1.807, 2.05) is 0 Å². The zero-order valence-corrected chi connectivity index (χ0v) is 9.83. The zero-order valence-electron chi connectivity index (χ0n) is 9.83. The molecule has 0 spiro atoms. The number of hydrogen-bond donors (Lipinski definition) is 4. The van der Waals surface area contributed by atoms with Gasteiger partial charge in [0.15, 0.2) is 5.78 Å². The summed E-state index contributed by atoms with van der Waals surface area (Å²) < 4.78 is 0. The van der Waals surface area contributed by atoms with Crippen LogP contribution in [0.2, 0.25) is 0 Å². The molecule has 0 saturated heterocycles. The molecule has 0 bridgehead atoms. The standard InChI is InChI=1S/C11H14BNO5/c1-6(14)8-4-7(5-10(13)11(15)16)2-3-9(8)12(17)18/h2-4,10,17-18H,5,13H2,1H3,(H,15,16)/t10-/m0/s1. The second kappa shape index (κ2) is 5.77. The Morgan fingerprint density at radius 2 is 2.00 bits per heavy atom. The van der Waals surface area contributed by atoms with E-state index in [1.165, 1.54) is 25.1 Å². The minimum Gasteiger partial charge on any atom is -0.480 e. The number of rotatable bonds is 5. The van der Waals surface area contributed by atoms with Crippen LogP contribution in [0.25, 0.3) is 0 Å². The lowest BCUT2D eigenvalue weighted by Crippen LogP contribution is -2.35. The van der Waals surface area contributed by atoms with Crippen molar-refractivity contribution >= 4 is 24.3 Å². The maximum absolute atomic E-state index is 11.4. The molecular formula is C11H14BNO5. The number of aliphatic carboxylic acids is 1. The summed E-state index contributed by atoms with van der Waals surface area (Å²) in [4.78, 5) is 22.0. The molecule has 6 nitrogen and oxygen atoms in total. The number of carboxylic acid groups (broad SMARTS) is 1. The van der Waals surface area contributed by atoms with Crippen molar-refractivity contribution in [2.45, 2.75) is 19.4 Å². The summed E-state index contributed by atoms with van der Waals surface area (Å²) in [6.07, 6.45) is 0.0669. The van der Waals surface area contributed by atoms with E-state index in [4.69, 9.17) is 20.9 Å². The fourth-order valence-electron chi connectivity index (χ4n) is 1.60. The van der Waals surface area contributed by atoms with Gasteiger partial charge in [0.2, 0.25) is 0 Å². The largest absolute Gasteiger partial charge is 0.489 e. The predicted octanol–water partition coefficient (Wildman–Crippen LogP) is -1.48. The van der Waals surface area contributed by atoms with E-state index in [1.54, 1.807) is 0 Å². The monoisotopic (exact) mass is 251 g/mol. The Labute approximate surface area is 104 Å². The van der Waals surface area contributed by atoms with E-state index in [2.05, 4.69) is 0 Å². The number of Topliss-reactive ketones (excluding diaryl/α,β-unsaturated/α-hetero) is 1. The van der Waals surface area contributed by atoms with E-state index < -0.39 is 19.1 Å². The molecule has 0 radical (unpaired) electrons. The van der Waals surface area contributed by atoms with Crippen LogP contribution in [0.3, 0.4) is 0 Å². The molecule has 0 aliphatic heterocycles. The van der Waals surface area contributed by atoms with Gasteiger partial charge in [-0.25, -0.2) is 0 Å². The van der Waals surface area contributed by atoms with E-state index in [9.17, 15) is 9.59 Å². The van der Waals surface area contributed by atoms with Crippen molar-refractivity contribution in [3.8, 4) is 0 Å². The van der Waals surface area contributed by atoms with Crippen molar-refractivity contribution < 1.29 is 24.7 Å². The van der Waals surface area contributed by atoms with Gasteiger partial charge in [-0.05, 0) is 30.4 Å². The third-order valence-corrected chi connectivity index (χ3v) is 2.55. The van der Waals surface area contributed by atoms with Crippen LogP contribution in [0.4, 0.5) is 0 Å². The maximum Gasteiger partial charge on any atom is 0.489 e. The molecule has 1 aromatic rings. The molecule has 96 valence electrons. The predicted molar refractivity (Wildman–Crippen MR) is 65.6 cm³/mol. The minimum atomic E-state index is -1.74. The van der Waals surface area contributed by atoms with E-state index >= 15 is 0 Å². The molecule has 7 heteroatoms. The summed E-state index contributed by atoms with van der Waals surface area (Å²) in [6, 6.07) is 3.27. The fraction of sp³-hybridized carbons (Fsp3) is 0.273. The number of carbonyl (C=O) groups is 2. The lowest BCUT2D eigenvalue weighted by Gasteiger charge is -2.11. The highest BCUT2D eigenvalue weighted by Gasteiger charge is 2.20. The average Bonchev–Trinajstić information content (AvgIpc) is 2.28. The molecule has 1 aromatic carbocycles. The third-order valence-electron chi connectivity index (χ3n) is 2.55. The second-order valence-corrected chi connectivity index (χ2v) is 4.00. The summed E-state index contributed by atoms with van der Waals surface area (Å²) in [6.45, 7) is 1.29. The quantitative estimate of drug-likeness (QED) is 0.374. The Balaban J connectivity index is 3.08. The lowest BCUT2D eigenvalue weighted by molar-refractivity contribution is -0.138. The summed E-state index contributed by atoms with van der Waals surface area (Å²) in [5, 5.41) is 26.9. The first-order valence-corrected chi connectivity index (χ1v) is 5.31. The summed E-state index contributed by atoms with van der Waals surface area (Å²) in [5.41, 5.74) is 6.19. The topological polar surface area (TPSA) is 121 Å². The Kier molecular flexibility index (Phi) is 4.60. The van der Waals surface area contributed by atoms with Crippen molar-refractivity contribution in [2.24, 2.45) is 5.73 Å². The second-order valence-electron chi connectivity index (χ2n) is 4.00. The minimum absolute atomic E-state index is 0.0669. The van der Waals surface area contributed by atoms with Gasteiger partial charge in [-0.2, -0.15) is 0 Å². The highest BCUT2D eigenvalue weighted by molar-refractivity contribution is 6.60. The van der Waals surface area contributed by atoms with Gasteiger partial charge < -0.3 is 20.9 Å². The van der Waals surface area contributed by atoms with Gasteiger partial charge in [0, 0.05) is 5.56 Å². The Hall–Kier alpha value is -1.70. The Morgan fingerprint density at radius 3 is 2.44 bits per heavy atom. The highest BCUT2D eigenvalue weighted by Crippen LogP contribution is 2.07. The van der Waals surface area contributed by atoms with Gasteiger partial charge in [0.25, 0.3) is 0 Å². The van der Waals surface area contributed by atoms with Crippen molar-refractivity contribution in [2.75, 3.05) is 0 Å². The van der Waals surface area contributed by atoms with Crippen LogP contribution in [0.1, 0.15) is 22.8 Å². The summed E-state index contributed by atoms with van der Waals surface area (Å²) >= 11 is 0. The van der Waals surface area contributed by atoms with Gasteiger partial charge in [0.05, 0.1) is 0 Å². The van der Waals surface area contributed by atoms with Crippen LogP contribution in [0, 0.1) is 0 Å². The summed E-state index contributed by atoms with van der Waals surface area (Å²) in [7, 11) is -1.74. The van der Waals surface area contributed by atoms with E-state index in [-0.39, 0.29) is 23.2 Å². The molecule has 0 saturated carbocycles. The molecule has 0 heterocycles.